The first-order valence-electron chi connectivity index (χ1n) is 4.22. The van der Waals surface area contributed by atoms with Crippen molar-refractivity contribution in [2.45, 2.75) is 26.2 Å². The highest BCUT2D eigenvalue weighted by molar-refractivity contribution is 6.29. The number of carbonyl (C=O) groups is 1. The Morgan fingerprint density at radius 3 is 2.50 bits per heavy atom. The molecule has 1 aromatic rings. The summed E-state index contributed by atoms with van der Waals surface area (Å²) < 4.78 is 0. The van der Waals surface area contributed by atoms with Gasteiger partial charge in [0.1, 0.15) is 5.15 Å². The number of carboxylic acids is 1. The SMILES string of the molecule is Cc1cc(C(C)(C)C(=O)O)cc(Cl)n1. The fourth-order valence-corrected chi connectivity index (χ4v) is 1.36. The van der Waals surface area contributed by atoms with Gasteiger partial charge in [0.25, 0.3) is 0 Å². The summed E-state index contributed by atoms with van der Waals surface area (Å²) in [5.41, 5.74) is 0.460. The minimum atomic E-state index is -0.933. The van der Waals surface area contributed by atoms with Gasteiger partial charge < -0.3 is 5.11 Å². The third kappa shape index (κ3) is 2.04. The van der Waals surface area contributed by atoms with E-state index in [1.165, 1.54) is 0 Å². The van der Waals surface area contributed by atoms with Crippen molar-refractivity contribution < 1.29 is 9.90 Å². The van der Waals surface area contributed by atoms with Gasteiger partial charge >= 0.3 is 5.97 Å². The molecule has 1 rings (SSSR count). The predicted molar refractivity (Wildman–Crippen MR) is 54.6 cm³/mol. The monoisotopic (exact) mass is 213 g/mol. The van der Waals surface area contributed by atoms with Crippen LogP contribution in [0, 0.1) is 6.92 Å². The summed E-state index contributed by atoms with van der Waals surface area (Å²) >= 11 is 5.76. The highest BCUT2D eigenvalue weighted by Crippen LogP contribution is 2.25. The van der Waals surface area contributed by atoms with Crippen molar-refractivity contribution in [3.8, 4) is 0 Å². The van der Waals surface area contributed by atoms with Crippen LogP contribution >= 0.6 is 11.6 Å². The van der Waals surface area contributed by atoms with Crippen LogP contribution in [0.4, 0.5) is 0 Å². The Bertz CT molecular complexity index is 354. The molecule has 0 aliphatic carbocycles. The van der Waals surface area contributed by atoms with Crippen molar-refractivity contribution in [2.24, 2.45) is 0 Å². The van der Waals surface area contributed by atoms with E-state index in [9.17, 15) is 4.79 Å². The standard InChI is InChI=1S/C10H12ClNO2/c1-6-4-7(5-8(11)12-6)10(2,3)9(13)14/h4-5H,1-3H3,(H,13,14). The molecule has 0 aliphatic heterocycles. The Balaban J connectivity index is 3.25. The molecule has 0 unspecified atom stereocenters. The second-order valence-corrected chi connectivity index (χ2v) is 4.14. The lowest BCUT2D eigenvalue weighted by atomic mass is 9.85. The molecule has 76 valence electrons. The lowest BCUT2D eigenvalue weighted by Gasteiger charge is -2.19. The van der Waals surface area contributed by atoms with E-state index >= 15 is 0 Å². The number of halogens is 1. The normalized spacial score (nSPS) is 11.4. The maximum Gasteiger partial charge on any atom is 0.313 e. The van der Waals surface area contributed by atoms with Crippen molar-refractivity contribution in [1.29, 1.82) is 0 Å². The van der Waals surface area contributed by atoms with Crippen LogP contribution in [0.1, 0.15) is 25.1 Å². The lowest BCUT2D eigenvalue weighted by molar-refractivity contribution is -0.142. The van der Waals surface area contributed by atoms with Gasteiger partial charge in [0.2, 0.25) is 0 Å². The van der Waals surface area contributed by atoms with E-state index in [0.29, 0.717) is 10.7 Å². The van der Waals surface area contributed by atoms with Gasteiger partial charge in [-0.15, -0.1) is 0 Å². The zero-order valence-corrected chi connectivity index (χ0v) is 9.09. The second kappa shape index (κ2) is 3.58. The molecule has 0 atom stereocenters. The van der Waals surface area contributed by atoms with Crippen molar-refractivity contribution in [3.05, 3.63) is 28.5 Å². The first kappa shape index (κ1) is 11.0. The summed E-state index contributed by atoms with van der Waals surface area (Å²) in [4.78, 5) is 15.0. The van der Waals surface area contributed by atoms with Gasteiger partial charge in [0.05, 0.1) is 5.41 Å². The Morgan fingerprint density at radius 2 is 2.07 bits per heavy atom. The molecule has 0 saturated heterocycles. The Labute approximate surface area is 87.7 Å². The van der Waals surface area contributed by atoms with Crippen LogP contribution in [0.15, 0.2) is 12.1 Å². The molecule has 0 radical (unpaired) electrons. The first-order chi connectivity index (χ1) is 6.34. The Morgan fingerprint density at radius 1 is 1.50 bits per heavy atom. The molecular formula is C10H12ClNO2. The lowest BCUT2D eigenvalue weighted by Crippen LogP contribution is -2.28. The van der Waals surface area contributed by atoms with E-state index in [4.69, 9.17) is 16.7 Å². The van der Waals surface area contributed by atoms with E-state index < -0.39 is 11.4 Å². The molecule has 0 saturated carbocycles. The number of nitrogens with zero attached hydrogens (tertiary/aromatic N) is 1. The Hall–Kier alpha value is -1.09. The molecule has 3 nitrogen and oxygen atoms in total. The number of aliphatic carboxylic acids is 1. The fourth-order valence-electron chi connectivity index (χ4n) is 1.11. The minimum absolute atomic E-state index is 0.328. The van der Waals surface area contributed by atoms with Gasteiger partial charge in [0, 0.05) is 5.69 Å². The molecule has 0 aliphatic rings. The van der Waals surface area contributed by atoms with Gasteiger partial charge in [-0.1, -0.05) is 11.6 Å². The topological polar surface area (TPSA) is 50.2 Å². The summed E-state index contributed by atoms with van der Waals surface area (Å²) in [5.74, 6) is -0.876. The highest BCUT2D eigenvalue weighted by atomic mass is 35.5. The minimum Gasteiger partial charge on any atom is -0.481 e. The quantitative estimate of drug-likeness (QED) is 0.768. The summed E-state index contributed by atoms with van der Waals surface area (Å²) in [6.07, 6.45) is 0. The van der Waals surface area contributed by atoms with Gasteiger partial charge in [-0.25, -0.2) is 4.98 Å². The molecule has 0 aromatic carbocycles. The third-order valence-electron chi connectivity index (χ3n) is 2.18. The predicted octanol–water partition coefficient (Wildman–Crippen LogP) is 2.41. The van der Waals surface area contributed by atoms with E-state index in [0.717, 1.165) is 5.69 Å². The molecular weight excluding hydrogens is 202 g/mol. The molecule has 0 amide bonds. The molecule has 4 heteroatoms. The van der Waals surface area contributed by atoms with Crippen LogP contribution < -0.4 is 0 Å². The van der Waals surface area contributed by atoms with Gasteiger partial charge in [-0.05, 0) is 38.5 Å². The first-order valence-corrected chi connectivity index (χ1v) is 4.60. The van der Waals surface area contributed by atoms with Crippen molar-refractivity contribution in [2.75, 3.05) is 0 Å². The summed E-state index contributed by atoms with van der Waals surface area (Å²) in [6, 6.07) is 3.32. The zero-order valence-electron chi connectivity index (χ0n) is 8.34. The number of aromatic nitrogens is 1. The average Bonchev–Trinajstić information content (AvgIpc) is 2.01. The Kier molecular flexibility index (Phi) is 2.81. The second-order valence-electron chi connectivity index (χ2n) is 3.75. The van der Waals surface area contributed by atoms with Crippen LogP contribution in [0.25, 0.3) is 0 Å². The number of pyridine rings is 1. The number of aryl methyl sites for hydroxylation is 1. The van der Waals surface area contributed by atoms with Crippen LogP contribution in [0.5, 0.6) is 0 Å². The van der Waals surface area contributed by atoms with Crippen molar-refractivity contribution in [3.63, 3.8) is 0 Å². The largest absolute Gasteiger partial charge is 0.481 e. The number of carboxylic acid groups (broad SMARTS) is 1. The molecule has 14 heavy (non-hydrogen) atoms. The maximum absolute atomic E-state index is 11.0. The van der Waals surface area contributed by atoms with Crippen molar-refractivity contribution in [1.82, 2.24) is 4.98 Å². The molecule has 1 heterocycles. The number of hydrogen-bond donors (Lipinski definition) is 1. The zero-order chi connectivity index (χ0) is 10.9. The van der Waals surface area contributed by atoms with Gasteiger partial charge in [-0.3, -0.25) is 4.79 Å². The van der Waals surface area contributed by atoms with Gasteiger partial charge in [0.15, 0.2) is 0 Å². The fraction of sp³-hybridized carbons (Fsp3) is 0.400. The highest BCUT2D eigenvalue weighted by Gasteiger charge is 2.29. The summed E-state index contributed by atoms with van der Waals surface area (Å²) in [5, 5.41) is 9.34. The summed E-state index contributed by atoms with van der Waals surface area (Å²) in [6.45, 7) is 5.06. The average molecular weight is 214 g/mol. The van der Waals surface area contributed by atoms with E-state index in [-0.39, 0.29) is 0 Å². The van der Waals surface area contributed by atoms with Crippen LogP contribution in [-0.4, -0.2) is 16.1 Å². The molecule has 1 N–H and O–H groups in total. The molecule has 0 bridgehead atoms. The third-order valence-corrected chi connectivity index (χ3v) is 2.37. The van der Waals surface area contributed by atoms with Gasteiger partial charge in [-0.2, -0.15) is 0 Å². The molecule has 0 spiro atoms. The molecule has 1 aromatic heterocycles. The van der Waals surface area contributed by atoms with E-state index in [2.05, 4.69) is 4.98 Å². The van der Waals surface area contributed by atoms with E-state index in [1.54, 1.807) is 32.9 Å². The van der Waals surface area contributed by atoms with Crippen LogP contribution in [-0.2, 0) is 10.2 Å². The van der Waals surface area contributed by atoms with Crippen LogP contribution in [0.2, 0.25) is 5.15 Å². The summed E-state index contributed by atoms with van der Waals surface area (Å²) in [7, 11) is 0. The number of rotatable bonds is 2. The van der Waals surface area contributed by atoms with E-state index in [1.807, 2.05) is 0 Å². The van der Waals surface area contributed by atoms with Crippen LogP contribution in [0.3, 0.4) is 0 Å². The smallest absolute Gasteiger partial charge is 0.313 e. The maximum atomic E-state index is 11.0. The molecule has 0 fully saturated rings. The van der Waals surface area contributed by atoms with Crippen molar-refractivity contribution >= 4 is 17.6 Å². The number of hydrogen-bond acceptors (Lipinski definition) is 2.